The van der Waals surface area contributed by atoms with Crippen molar-refractivity contribution in [1.29, 1.82) is 0 Å². The fourth-order valence-electron chi connectivity index (χ4n) is 1.92. The summed E-state index contributed by atoms with van der Waals surface area (Å²) in [5.41, 5.74) is -0.674. The summed E-state index contributed by atoms with van der Waals surface area (Å²) < 4.78 is 0. The van der Waals surface area contributed by atoms with Gasteiger partial charge in [0.15, 0.2) is 0 Å². The largest absolute Gasteiger partial charge is 0.389 e. The topological polar surface area (TPSA) is 37.3 Å². The second-order valence-electron chi connectivity index (χ2n) is 4.13. The minimum absolute atomic E-state index is 0.319. The van der Waals surface area contributed by atoms with E-state index >= 15 is 0 Å². The number of hydrogen-bond donors (Lipinski definition) is 1. The van der Waals surface area contributed by atoms with E-state index in [0.29, 0.717) is 12.3 Å². The van der Waals surface area contributed by atoms with Crippen LogP contribution >= 0.6 is 0 Å². The van der Waals surface area contributed by atoms with E-state index < -0.39 is 5.60 Å². The van der Waals surface area contributed by atoms with Gasteiger partial charge in [-0.25, -0.2) is 0 Å². The van der Waals surface area contributed by atoms with Gasteiger partial charge >= 0.3 is 0 Å². The van der Waals surface area contributed by atoms with Gasteiger partial charge < -0.3 is 9.90 Å². The highest BCUT2D eigenvalue weighted by Gasteiger charge is 2.28. The molecule has 2 atom stereocenters. The Bertz CT molecular complexity index is 156. The molecule has 0 aromatic carbocycles. The summed E-state index contributed by atoms with van der Waals surface area (Å²) in [6.45, 7) is 2.21. The Morgan fingerprint density at radius 2 is 2.25 bits per heavy atom. The van der Waals surface area contributed by atoms with Crippen LogP contribution in [0.4, 0.5) is 0 Å². The lowest BCUT2D eigenvalue weighted by atomic mass is 9.91. The van der Waals surface area contributed by atoms with Gasteiger partial charge in [0.1, 0.15) is 6.29 Å². The van der Waals surface area contributed by atoms with Crippen LogP contribution in [0.1, 0.15) is 45.4 Å². The monoisotopic (exact) mass is 170 g/mol. The molecule has 0 saturated heterocycles. The Hall–Kier alpha value is -0.370. The van der Waals surface area contributed by atoms with Crippen LogP contribution in [-0.2, 0) is 4.79 Å². The number of rotatable bonds is 2. The van der Waals surface area contributed by atoms with Gasteiger partial charge in [-0.2, -0.15) is 0 Å². The van der Waals surface area contributed by atoms with Gasteiger partial charge in [0.05, 0.1) is 5.60 Å². The maximum atomic E-state index is 10.3. The highest BCUT2D eigenvalue weighted by Crippen LogP contribution is 2.31. The van der Waals surface area contributed by atoms with Gasteiger partial charge in [-0.05, 0) is 25.2 Å². The fourth-order valence-corrected chi connectivity index (χ4v) is 1.92. The van der Waals surface area contributed by atoms with Crippen LogP contribution in [0, 0.1) is 5.92 Å². The van der Waals surface area contributed by atoms with Crippen LogP contribution in [-0.4, -0.2) is 17.0 Å². The lowest BCUT2D eigenvalue weighted by Crippen LogP contribution is -2.28. The summed E-state index contributed by atoms with van der Waals surface area (Å²) in [7, 11) is 0. The van der Waals surface area contributed by atoms with Gasteiger partial charge in [-0.3, -0.25) is 0 Å². The standard InChI is InChI=1S/C10H18O2/c1-9-3-2-5-10(12,6-4-9)7-8-11/h8-9,12H,2-7H2,1H3. The van der Waals surface area contributed by atoms with E-state index in [-0.39, 0.29) is 0 Å². The maximum absolute atomic E-state index is 10.3. The average molecular weight is 170 g/mol. The smallest absolute Gasteiger partial charge is 0.122 e. The third-order valence-electron chi connectivity index (χ3n) is 2.90. The molecule has 1 aliphatic rings. The van der Waals surface area contributed by atoms with Crippen molar-refractivity contribution in [1.82, 2.24) is 0 Å². The van der Waals surface area contributed by atoms with Crippen molar-refractivity contribution in [2.24, 2.45) is 5.92 Å². The normalized spacial score (nSPS) is 37.3. The molecule has 1 N–H and O–H groups in total. The fraction of sp³-hybridized carbons (Fsp3) is 0.900. The third-order valence-corrected chi connectivity index (χ3v) is 2.90. The first-order valence-electron chi connectivity index (χ1n) is 4.82. The quantitative estimate of drug-likeness (QED) is 0.507. The molecule has 0 heterocycles. The van der Waals surface area contributed by atoms with Crippen molar-refractivity contribution >= 4 is 6.29 Å². The van der Waals surface area contributed by atoms with Crippen molar-refractivity contribution < 1.29 is 9.90 Å². The van der Waals surface area contributed by atoms with Crippen molar-refractivity contribution in [2.75, 3.05) is 0 Å². The number of carbonyl (C=O) groups is 1. The molecule has 0 radical (unpaired) electrons. The number of aldehydes is 1. The molecule has 0 aliphatic heterocycles. The lowest BCUT2D eigenvalue weighted by Gasteiger charge is -2.23. The molecule has 0 spiro atoms. The van der Waals surface area contributed by atoms with Crippen molar-refractivity contribution in [2.45, 2.75) is 51.0 Å². The van der Waals surface area contributed by atoms with Gasteiger partial charge in [-0.1, -0.05) is 19.8 Å². The zero-order valence-corrected chi connectivity index (χ0v) is 7.75. The predicted molar refractivity (Wildman–Crippen MR) is 47.9 cm³/mol. The molecular weight excluding hydrogens is 152 g/mol. The molecule has 70 valence electrons. The molecule has 12 heavy (non-hydrogen) atoms. The van der Waals surface area contributed by atoms with Crippen LogP contribution in [0.5, 0.6) is 0 Å². The predicted octanol–water partition coefficient (Wildman–Crippen LogP) is 1.91. The van der Waals surface area contributed by atoms with E-state index in [9.17, 15) is 9.90 Å². The molecule has 0 aromatic heterocycles. The summed E-state index contributed by atoms with van der Waals surface area (Å²) in [6, 6.07) is 0. The summed E-state index contributed by atoms with van der Waals surface area (Å²) >= 11 is 0. The second kappa shape index (κ2) is 4.04. The number of carbonyl (C=O) groups excluding carboxylic acids is 1. The van der Waals surface area contributed by atoms with E-state index in [1.165, 1.54) is 6.42 Å². The van der Waals surface area contributed by atoms with Gasteiger partial charge in [-0.15, -0.1) is 0 Å². The second-order valence-corrected chi connectivity index (χ2v) is 4.13. The van der Waals surface area contributed by atoms with E-state index in [0.717, 1.165) is 32.0 Å². The molecule has 0 bridgehead atoms. The van der Waals surface area contributed by atoms with E-state index in [2.05, 4.69) is 6.92 Å². The van der Waals surface area contributed by atoms with Crippen molar-refractivity contribution in [3.8, 4) is 0 Å². The van der Waals surface area contributed by atoms with Crippen LogP contribution in [0.15, 0.2) is 0 Å². The van der Waals surface area contributed by atoms with Crippen molar-refractivity contribution in [3.63, 3.8) is 0 Å². The van der Waals surface area contributed by atoms with E-state index in [1.807, 2.05) is 0 Å². The molecule has 0 amide bonds. The Labute approximate surface area is 74.0 Å². The molecule has 1 fully saturated rings. The molecule has 1 aliphatic carbocycles. The van der Waals surface area contributed by atoms with Crippen LogP contribution < -0.4 is 0 Å². The van der Waals surface area contributed by atoms with Gasteiger partial charge in [0, 0.05) is 6.42 Å². The molecule has 1 saturated carbocycles. The number of aliphatic hydroxyl groups is 1. The molecule has 2 unspecified atom stereocenters. The Kier molecular flexibility index (Phi) is 3.27. The van der Waals surface area contributed by atoms with Gasteiger partial charge in [0.25, 0.3) is 0 Å². The Morgan fingerprint density at radius 3 is 2.92 bits per heavy atom. The summed E-state index contributed by atoms with van der Waals surface area (Å²) in [5.74, 6) is 0.714. The summed E-state index contributed by atoms with van der Waals surface area (Å²) in [5, 5.41) is 9.94. The summed E-state index contributed by atoms with van der Waals surface area (Å²) in [6.07, 6.45) is 6.08. The zero-order valence-electron chi connectivity index (χ0n) is 7.75. The molecule has 0 aromatic rings. The van der Waals surface area contributed by atoms with Crippen LogP contribution in [0.2, 0.25) is 0 Å². The number of hydrogen-bond acceptors (Lipinski definition) is 2. The van der Waals surface area contributed by atoms with Crippen molar-refractivity contribution in [3.05, 3.63) is 0 Å². The highest BCUT2D eigenvalue weighted by molar-refractivity contribution is 5.51. The van der Waals surface area contributed by atoms with Gasteiger partial charge in [0.2, 0.25) is 0 Å². The summed E-state index contributed by atoms with van der Waals surface area (Å²) in [4.78, 5) is 10.3. The maximum Gasteiger partial charge on any atom is 0.122 e. The zero-order chi connectivity index (χ0) is 9.03. The lowest BCUT2D eigenvalue weighted by molar-refractivity contribution is -0.112. The van der Waals surface area contributed by atoms with Crippen LogP contribution in [0.3, 0.4) is 0 Å². The first kappa shape index (κ1) is 9.72. The first-order chi connectivity index (χ1) is 5.66. The first-order valence-corrected chi connectivity index (χ1v) is 4.82. The minimum atomic E-state index is -0.674. The van der Waals surface area contributed by atoms with Crippen LogP contribution in [0.25, 0.3) is 0 Å². The third kappa shape index (κ3) is 2.59. The Balaban J connectivity index is 2.48. The minimum Gasteiger partial charge on any atom is -0.389 e. The average Bonchev–Trinajstić information content (AvgIpc) is 2.15. The van der Waals surface area contributed by atoms with E-state index in [4.69, 9.17) is 0 Å². The highest BCUT2D eigenvalue weighted by atomic mass is 16.3. The SMILES string of the molecule is CC1CCCC(O)(CC=O)CC1. The molecule has 1 rings (SSSR count). The molecule has 2 heteroatoms. The molecule has 2 nitrogen and oxygen atoms in total. The molecular formula is C10H18O2. The van der Waals surface area contributed by atoms with E-state index in [1.54, 1.807) is 0 Å². The Morgan fingerprint density at radius 1 is 1.50 bits per heavy atom.